The topological polar surface area (TPSA) is 15.3 Å². The number of nitrogens with one attached hydrogen (secondary N) is 1. The molecule has 1 heterocycles. The Kier molecular flexibility index (Phi) is 3.25. The van der Waals surface area contributed by atoms with Crippen molar-refractivity contribution in [3.63, 3.8) is 0 Å². The summed E-state index contributed by atoms with van der Waals surface area (Å²) in [5.41, 5.74) is 2.75. The summed E-state index contributed by atoms with van der Waals surface area (Å²) in [5, 5.41) is 3.49. The molecular weight excluding hydrogens is 220 g/mol. The van der Waals surface area contributed by atoms with Crippen molar-refractivity contribution in [2.75, 3.05) is 31.5 Å². The molecule has 2 aliphatic rings. The van der Waals surface area contributed by atoms with Gasteiger partial charge in [0.05, 0.1) is 6.54 Å². The minimum absolute atomic E-state index is 0.591. The summed E-state index contributed by atoms with van der Waals surface area (Å²) >= 11 is 0. The van der Waals surface area contributed by atoms with E-state index in [-0.39, 0.29) is 0 Å². The Bertz CT molecular complexity index is 456. The highest BCUT2D eigenvalue weighted by molar-refractivity contribution is 5.57. The molecule has 0 spiro atoms. The van der Waals surface area contributed by atoms with Gasteiger partial charge in [-0.05, 0) is 30.4 Å². The normalized spacial score (nSPS) is 21.4. The van der Waals surface area contributed by atoms with Crippen LogP contribution < -0.4 is 5.32 Å². The Morgan fingerprint density at radius 1 is 1.28 bits per heavy atom. The first-order valence-electron chi connectivity index (χ1n) is 6.85. The summed E-state index contributed by atoms with van der Waals surface area (Å²) in [7, 11) is 0. The number of nitrogens with zero attached hydrogens (tertiary/aromatic N) is 1. The first-order chi connectivity index (χ1) is 8.86. The van der Waals surface area contributed by atoms with E-state index >= 15 is 0 Å². The van der Waals surface area contributed by atoms with Crippen LogP contribution in [0, 0.1) is 18.3 Å². The fourth-order valence-electron chi connectivity index (χ4n) is 2.83. The Balaban J connectivity index is 1.66. The number of fused-ring (bicyclic) bond motifs is 1. The number of hydrogen-bond donors (Lipinski definition) is 1. The molecule has 1 aliphatic carbocycles. The highest BCUT2D eigenvalue weighted by atomic mass is 15.1. The third-order valence-electron chi connectivity index (χ3n) is 3.95. The van der Waals surface area contributed by atoms with E-state index in [0.29, 0.717) is 5.92 Å². The molecule has 3 rings (SSSR count). The molecule has 0 radical (unpaired) electrons. The van der Waals surface area contributed by atoms with Gasteiger partial charge in [0.2, 0.25) is 0 Å². The van der Waals surface area contributed by atoms with Crippen LogP contribution in [0.15, 0.2) is 24.3 Å². The van der Waals surface area contributed by atoms with Crippen molar-refractivity contribution >= 4 is 5.69 Å². The Morgan fingerprint density at radius 3 is 2.89 bits per heavy atom. The van der Waals surface area contributed by atoms with Gasteiger partial charge in [0, 0.05) is 31.2 Å². The first kappa shape index (κ1) is 11.6. The number of anilines is 1. The van der Waals surface area contributed by atoms with Gasteiger partial charge in [0.1, 0.15) is 0 Å². The van der Waals surface area contributed by atoms with Crippen LogP contribution in [0.3, 0.4) is 0 Å². The van der Waals surface area contributed by atoms with Crippen LogP contribution in [-0.4, -0.2) is 31.1 Å². The smallest absolute Gasteiger partial charge is 0.0599 e. The maximum atomic E-state index is 5.49. The predicted molar refractivity (Wildman–Crippen MR) is 75.7 cm³/mol. The molecule has 0 saturated heterocycles. The van der Waals surface area contributed by atoms with Crippen molar-refractivity contribution in [3.05, 3.63) is 29.8 Å². The van der Waals surface area contributed by atoms with E-state index in [1.807, 2.05) is 0 Å². The van der Waals surface area contributed by atoms with Crippen molar-refractivity contribution in [2.24, 2.45) is 5.92 Å². The molecule has 2 nitrogen and oxygen atoms in total. The molecule has 18 heavy (non-hydrogen) atoms. The largest absolute Gasteiger partial charge is 0.384 e. The lowest BCUT2D eigenvalue weighted by molar-refractivity contribution is 0.280. The number of terminal acetylenes is 1. The molecule has 94 valence electrons. The van der Waals surface area contributed by atoms with Crippen LogP contribution in [0.1, 0.15) is 24.3 Å². The van der Waals surface area contributed by atoms with E-state index in [0.717, 1.165) is 25.6 Å². The second-order valence-electron chi connectivity index (χ2n) is 5.51. The Labute approximate surface area is 109 Å². The second kappa shape index (κ2) is 5.04. The fourth-order valence-corrected chi connectivity index (χ4v) is 2.83. The average Bonchev–Trinajstić information content (AvgIpc) is 3.11. The van der Waals surface area contributed by atoms with Gasteiger partial charge < -0.3 is 5.32 Å². The molecule has 1 fully saturated rings. The monoisotopic (exact) mass is 240 g/mol. The minimum Gasteiger partial charge on any atom is -0.384 e. The van der Waals surface area contributed by atoms with Crippen molar-refractivity contribution in [1.29, 1.82) is 0 Å². The highest BCUT2D eigenvalue weighted by Gasteiger charge is 2.28. The van der Waals surface area contributed by atoms with Gasteiger partial charge in [0.15, 0.2) is 0 Å². The summed E-state index contributed by atoms with van der Waals surface area (Å²) in [6.45, 7) is 4.10. The SMILES string of the molecule is C#CCN(CC1CC1)CC1CNc2ccccc21. The molecular formula is C16H20N2. The van der Waals surface area contributed by atoms with Gasteiger partial charge in [-0.15, -0.1) is 6.42 Å². The van der Waals surface area contributed by atoms with Crippen LogP contribution in [0.5, 0.6) is 0 Å². The van der Waals surface area contributed by atoms with E-state index in [9.17, 15) is 0 Å². The van der Waals surface area contributed by atoms with Crippen LogP contribution in [-0.2, 0) is 0 Å². The summed E-state index contributed by atoms with van der Waals surface area (Å²) in [6, 6.07) is 8.63. The summed E-state index contributed by atoms with van der Waals surface area (Å²) in [4.78, 5) is 2.45. The van der Waals surface area contributed by atoms with Crippen molar-refractivity contribution < 1.29 is 0 Å². The van der Waals surface area contributed by atoms with Crippen LogP contribution in [0.4, 0.5) is 5.69 Å². The van der Waals surface area contributed by atoms with Crippen LogP contribution in [0.25, 0.3) is 0 Å². The van der Waals surface area contributed by atoms with Gasteiger partial charge in [-0.3, -0.25) is 4.90 Å². The van der Waals surface area contributed by atoms with Crippen LogP contribution >= 0.6 is 0 Å². The molecule has 0 bridgehead atoms. The number of rotatable bonds is 5. The van der Waals surface area contributed by atoms with Gasteiger partial charge in [-0.1, -0.05) is 24.1 Å². The average molecular weight is 240 g/mol. The van der Waals surface area contributed by atoms with E-state index in [1.165, 1.54) is 30.6 Å². The molecule has 1 aromatic rings. The molecule has 0 amide bonds. The molecule has 1 unspecified atom stereocenters. The van der Waals surface area contributed by atoms with E-state index in [2.05, 4.69) is 40.4 Å². The van der Waals surface area contributed by atoms with Crippen molar-refractivity contribution in [1.82, 2.24) is 4.90 Å². The minimum atomic E-state index is 0.591. The predicted octanol–water partition coefficient (Wildman–Crippen LogP) is 2.54. The highest BCUT2D eigenvalue weighted by Crippen LogP contribution is 2.33. The molecule has 1 atom stereocenters. The number of para-hydroxylation sites is 1. The Hall–Kier alpha value is -1.46. The summed E-state index contributed by atoms with van der Waals surface area (Å²) < 4.78 is 0. The summed E-state index contributed by atoms with van der Waals surface area (Å²) in [5.74, 6) is 4.30. The lowest BCUT2D eigenvalue weighted by atomic mass is 10.0. The molecule has 1 N–H and O–H groups in total. The van der Waals surface area contributed by atoms with E-state index < -0.39 is 0 Å². The number of hydrogen-bond acceptors (Lipinski definition) is 2. The standard InChI is InChI=1S/C16H20N2/c1-2-9-18(11-13-7-8-13)12-14-10-17-16-6-4-3-5-15(14)16/h1,3-6,13-14,17H,7-12H2. The lowest BCUT2D eigenvalue weighted by Crippen LogP contribution is -2.31. The molecule has 1 aromatic carbocycles. The molecule has 0 aromatic heterocycles. The third-order valence-corrected chi connectivity index (χ3v) is 3.95. The van der Waals surface area contributed by atoms with E-state index in [4.69, 9.17) is 6.42 Å². The molecule has 1 aliphatic heterocycles. The quantitative estimate of drug-likeness (QED) is 0.796. The van der Waals surface area contributed by atoms with Crippen molar-refractivity contribution in [3.8, 4) is 12.3 Å². The van der Waals surface area contributed by atoms with Gasteiger partial charge in [-0.2, -0.15) is 0 Å². The Morgan fingerprint density at radius 2 is 2.11 bits per heavy atom. The zero-order valence-electron chi connectivity index (χ0n) is 10.7. The van der Waals surface area contributed by atoms with Crippen molar-refractivity contribution in [2.45, 2.75) is 18.8 Å². The number of benzene rings is 1. The zero-order valence-corrected chi connectivity index (χ0v) is 10.7. The third kappa shape index (κ3) is 2.52. The van der Waals surface area contributed by atoms with Gasteiger partial charge in [0.25, 0.3) is 0 Å². The maximum Gasteiger partial charge on any atom is 0.0599 e. The van der Waals surface area contributed by atoms with E-state index in [1.54, 1.807) is 0 Å². The molecule has 2 heteroatoms. The van der Waals surface area contributed by atoms with Gasteiger partial charge in [-0.25, -0.2) is 0 Å². The summed E-state index contributed by atoms with van der Waals surface area (Å²) in [6.07, 6.45) is 8.27. The maximum absolute atomic E-state index is 5.49. The second-order valence-corrected chi connectivity index (χ2v) is 5.51. The molecule has 1 saturated carbocycles. The fraction of sp³-hybridized carbons (Fsp3) is 0.500. The lowest BCUT2D eigenvalue weighted by Gasteiger charge is -2.23. The first-order valence-corrected chi connectivity index (χ1v) is 6.85. The van der Waals surface area contributed by atoms with Crippen LogP contribution in [0.2, 0.25) is 0 Å². The zero-order chi connectivity index (χ0) is 12.4. The van der Waals surface area contributed by atoms with Gasteiger partial charge >= 0.3 is 0 Å².